The van der Waals surface area contributed by atoms with Gasteiger partial charge in [0, 0.05) is 4.47 Å². The van der Waals surface area contributed by atoms with Crippen LogP contribution in [0.3, 0.4) is 0 Å². The fourth-order valence-corrected chi connectivity index (χ4v) is 1.79. The lowest BCUT2D eigenvalue weighted by Gasteiger charge is -2.12. The lowest BCUT2D eigenvalue weighted by atomic mass is 10.0. The minimum Gasteiger partial charge on any atom is -0.388 e. The minimum absolute atomic E-state index is 0.347. The maximum atomic E-state index is 13.0. The molecule has 1 atom stereocenters. The number of aliphatic hydroxyl groups is 1. The first-order chi connectivity index (χ1) is 7.02. The van der Waals surface area contributed by atoms with Crippen molar-refractivity contribution in [3.8, 4) is 0 Å². The van der Waals surface area contributed by atoms with Crippen LogP contribution in [0.1, 0.15) is 31.4 Å². The van der Waals surface area contributed by atoms with E-state index in [1.165, 1.54) is 12.1 Å². The molecule has 3 heteroatoms. The van der Waals surface area contributed by atoms with Crippen LogP contribution in [-0.2, 0) is 0 Å². The van der Waals surface area contributed by atoms with Gasteiger partial charge in [-0.25, -0.2) is 4.39 Å². The highest BCUT2D eigenvalue weighted by Gasteiger charge is 2.10. The normalized spacial score (nSPS) is 12.5. The molecule has 0 spiro atoms. The second kappa shape index (κ2) is 5.42. The third-order valence-corrected chi connectivity index (χ3v) is 2.71. The molecule has 0 aliphatic carbocycles. The number of hydrogen-bond acceptors (Lipinski definition) is 1. The molecule has 1 aromatic rings. The summed E-state index contributed by atoms with van der Waals surface area (Å²) in [5.41, 5.74) is 1.54. The first kappa shape index (κ1) is 12.4. The zero-order valence-electron chi connectivity index (χ0n) is 8.63. The Kier molecular flexibility index (Phi) is 4.48. The highest BCUT2D eigenvalue weighted by atomic mass is 79.9. The van der Waals surface area contributed by atoms with Gasteiger partial charge in [-0.3, -0.25) is 0 Å². The summed E-state index contributed by atoms with van der Waals surface area (Å²) >= 11 is 3.19. The summed E-state index contributed by atoms with van der Waals surface area (Å²) in [6, 6.07) is 4.43. The molecular weight excluding hydrogens is 259 g/mol. The molecule has 0 radical (unpaired) electrons. The standard InChI is InChI=1S/C12H14BrFO/c1-3-8(2)4-12(15)9-5-10(13)7-11(14)6-9/h5-7,12,15H,2-4H2,1H3. The van der Waals surface area contributed by atoms with Gasteiger partial charge in [-0.2, -0.15) is 0 Å². The summed E-state index contributed by atoms with van der Waals surface area (Å²) in [5, 5.41) is 9.82. The van der Waals surface area contributed by atoms with Gasteiger partial charge >= 0.3 is 0 Å². The highest BCUT2D eigenvalue weighted by molar-refractivity contribution is 9.10. The molecule has 82 valence electrons. The number of aliphatic hydroxyl groups excluding tert-OH is 1. The van der Waals surface area contributed by atoms with E-state index in [-0.39, 0.29) is 5.82 Å². The van der Waals surface area contributed by atoms with Crippen LogP contribution in [0.25, 0.3) is 0 Å². The van der Waals surface area contributed by atoms with Crippen molar-refractivity contribution < 1.29 is 9.50 Å². The van der Waals surface area contributed by atoms with Gasteiger partial charge in [0.05, 0.1) is 6.10 Å². The highest BCUT2D eigenvalue weighted by Crippen LogP contribution is 2.25. The van der Waals surface area contributed by atoms with Gasteiger partial charge in [-0.15, -0.1) is 0 Å². The molecule has 0 bridgehead atoms. The van der Waals surface area contributed by atoms with Gasteiger partial charge < -0.3 is 5.11 Å². The van der Waals surface area contributed by atoms with Crippen molar-refractivity contribution in [2.24, 2.45) is 0 Å². The summed E-state index contributed by atoms with van der Waals surface area (Å²) in [6.45, 7) is 5.80. The van der Waals surface area contributed by atoms with Crippen LogP contribution in [0, 0.1) is 5.82 Å². The maximum absolute atomic E-state index is 13.0. The van der Waals surface area contributed by atoms with Gasteiger partial charge in [-0.1, -0.05) is 35.0 Å². The van der Waals surface area contributed by atoms with Gasteiger partial charge in [0.2, 0.25) is 0 Å². The molecule has 0 aromatic heterocycles. The number of rotatable bonds is 4. The van der Waals surface area contributed by atoms with E-state index in [2.05, 4.69) is 22.5 Å². The molecular formula is C12H14BrFO. The van der Waals surface area contributed by atoms with E-state index < -0.39 is 6.10 Å². The van der Waals surface area contributed by atoms with Gasteiger partial charge in [-0.05, 0) is 36.6 Å². The molecule has 0 amide bonds. The first-order valence-corrected chi connectivity index (χ1v) is 5.63. The molecule has 0 heterocycles. The summed E-state index contributed by atoms with van der Waals surface area (Å²) in [7, 11) is 0. The Morgan fingerprint density at radius 2 is 2.20 bits per heavy atom. The second-order valence-corrected chi connectivity index (χ2v) is 4.44. The van der Waals surface area contributed by atoms with Crippen molar-refractivity contribution in [3.05, 3.63) is 46.2 Å². The largest absolute Gasteiger partial charge is 0.388 e. The third-order valence-electron chi connectivity index (χ3n) is 2.25. The van der Waals surface area contributed by atoms with Crippen LogP contribution < -0.4 is 0 Å². The number of benzene rings is 1. The van der Waals surface area contributed by atoms with Crippen molar-refractivity contribution in [1.82, 2.24) is 0 Å². The number of hydrogen-bond donors (Lipinski definition) is 1. The molecule has 15 heavy (non-hydrogen) atoms. The topological polar surface area (TPSA) is 20.2 Å². The average molecular weight is 273 g/mol. The van der Waals surface area contributed by atoms with Crippen LogP contribution in [-0.4, -0.2) is 5.11 Å². The van der Waals surface area contributed by atoms with Crippen LogP contribution in [0.2, 0.25) is 0 Å². The predicted molar refractivity (Wildman–Crippen MR) is 63.1 cm³/mol. The molecule has 0 saturated carbocycles. The van der Waals surface area contributed by atoms with Crippen LogP contribution in [0.4, 0.5) is 4.39 Å². The van der Waals surface area contributed by atoms with Crippen molar-refractivity contribution in [1.29, 1.82) is 0 Å². The first-order valence-electron chi connectivity index (χ1n) is 4.83. The third kappa shape index (κ3) is 3.76. The van der Waals surface area contributed by atoms with E-state index in [0.29, 0.717) is 16.5 Å². The Balaban J connectivity index is 2.81. The van der Waals surface area contributed by atoms with Crippen LogP contribution in [0.5, 0.6) is 0 Å². The molecule has 0 aliphatic heterocycles. The van der Waals surface area contributed by atoms with Crippen LogP contribution in [0.15, 0.2) is 34.8 Å². The quantitative estimate of drug-likeness (QED) is 0.823. The maximum Gasteiger partial charge on any atom is 0.124 e. The molecule has 0 aliphatic rings. The van der Waals surface area contributed by atoms with Crippen molar-refractivity contribution >= 4 is 15.9 Å². The molecule has 1 nitrogen and oxygen atoms in total. The smallest absolute Gasteiger partial charge is 0.124 e. The molecule has 1 rings (SSSR count). The number of halogens is 2. The van der Waals surface area contributed by atoms with E-state index >= 15 is 0 Å². The SMILES string of the molecule is C=C(CC)CC(O)c1cc(F)cc(Br)c1. The zero-order chi connectivity index (χ0) is 11.4. The lowest BCUT2D eigenvalue weighted by Crippen LogP contribution is -1.99. The van der Waals surface area contributed by atoms with Gasteiger partial charge in [0.15, 0.2) is 0 Å². The van der Waals surface area contributed by atoms with Gasteiger partial charge in [0.1, 0.15) is 5.82 Å². The summed E-state index contributed by atoms with van der Waals surface area (Å²) in [5.74, 6) is -0.347. The Labute approximate surface area is 97.8 Å². The van der Waals surface area contributed by atoms with Crippen molar-refractivity contribution in [2.75, 3.05) is 0 Å². The predicted octanol–water partition coefficient (Wildman–Crippen LogP) is 3.98. The summed E-state index contributed by atoms with van der Waals surface area (Å²) in [6.07, 6.45) is 0.629. The average Bonchev–Trinajstić information content (AvgIpc) is 2.16. The molecule has 0 saturated heterocycles. The van der Waals surface area contributed by atoms with Crippen LogP contribution >= 0.6 is 15.9 Å². The molecule has 1 unspecified atom stereocenters. The Hall–Kier alpha value is -0.670. The molecule has 0 fully saturated rings. The zero-order valence-corrected chi connectivity index (χ0v) is 10.2. The lowest BCUT2D eigenvalue weighted by molar-refractivity contribution is 0.177. The Morgan fingerprint density at radius 1 is 1.53 bits per heavy atom. The van der Waals surface area contributed by atoms with E-state index in [0.717, 1.165) is 12.0 Å². The van der Waals surface area contributed by atoms with E-state index in [1.54, 1.807) is 6.07 Å². The van der Waals surface area contributed by atoms with E-state index in [9.17, 15) is 9.50 Å². The molecule has 1 aromatic carbocycles. The Bertz CT molecular complexity index is 342. The second-order valence-electron chi connectivity index (χ2n) is 3.53. The van der Waals surface area contributed by atoms with E-state index in [1.807, 2.05) is 6.92 Å². The fourth-order valence-electron chi connectivity index (χ4n) is 1.30. The Morgan fingerprint density at radius 3 is 2.73 bits per heavy atom. The minimum atomic E-state index is -0.676. The fraction of sp³-hybridized carbons (Fsp3) is 0.333. The van der Waals surface area contributed by atoms with Crippen molar-refractivity contribution in [2.45, 2.75) is 25.9 Å². The van der Waals surface area contributed by atoms with Gasteiger partial charge in [0.25, 0.3) is 0 Å². The summed E-state index contributed by atoms with van der Waals surface area (Å²) in [4.78, 5) is 0. The molecule has 1 N–H and O–H groups in total. The summed E-state index contributed by atoms with van der Waals surface area (Å²) < 4.78 is 13.7. The van der Waals surface area contributed by atoms with E-state index in [4.69, 9.17) is 0 Å². The van der Waals surface area contributed by atoms with Crippen molar-refractivity contribution in [3.63, 3.8) is 0 Å². The monoisotopic (exact) mass is 272 g/mol.